The normalized spacial score (nSPS) is 23.6. The molecule has 1 fully saturated rings. The van der Waals surface area contributed by atoms with Crippen molar-refractivity contribution in [2.75, 3.05) is 7.05 Å². The van der Waals surface area contributed by atoms with Gasteiger partial charge in [0.15, 0.2) is 0 Å². The van der Waals surface area contributed by atoms with Crippen LogP contribution in [-0.2, 0) is 6.54 Å². The molecule has 4 nitrogen and oxygen atoms in total. The molecule has 0 bridgehead atoms. The third kappa shape index (κ3) is 3.78. The molecule has 5 heteroatoms. The summed E-state index contributed by atoms with van der Waals surface area (Å²) in [7, 11) is 2.18. The van der Waals surface area contributed by atoms with Gasteiger partial charge in [-0.3, -0.25) is 15.1 Å². The van der Waals surface area contributed by atoms with Crippen molar-refractivity contribution in [3.8, 4) is 0 Å². The number of nitrogen functional groups attached to an aromatic ring is 1. The van der Waals surface area contributed by atoms with Gasteiger partial charge >= 0.3 is 0 Å². The van der Waals surface area contributed by atoms with Crippen molar-refractivity contribution in [2.45, 2.75) is 45.2 Å². The molecule has 1 aromatic rings. The molecule has 1 saturated carbocycles. The summed E-state index contributed by atoms with van der Waals surface area (Å²) in [5.41, 5.74) is 2.17. The Balaban J connectivity index is 1.89. The van der Waals surface area contributed by atoms with Gasteiger partial charge in [0.05, 0.1) is 4.88 Å². The van der Waals surface area contributed by atoms with Crippen molar-refractivity contribution >= 4 is 17.2 Å². The van der Waals surface area contributed by atoms with Crippen LogP contribution in [-0.4, -0.2) is 23.9 Å². The highest BCUT2D eigenvalue weighted by Crippen LogP contribution is 2.28. The number of thiophene rings is 1. The molecule has 19 heavy (non-hydrogen) atoms. The Morgan fingerprint density at radius 1 is 1.42 bits per heavy atom. The van der Waals surface area contributed by atoms with Crippen LogP contribution in [0.2, 0.25) is 0 Å². The predicted molar refractivity (Wildman–Crippen MR) is 78.9 cm³/mol. The lowest BCUT2D eigenvalue weighted by Crippen LogP contribution is -2.34. The van der Waals surface area contributed by atoms with Gasteiger partial charge in [0, 0.05) is 17.5 Å². The highest BCUT2D eigenvalue weighted by atomic mass is 32.1. The number of nitrogens with two attached hydrogens (primary N) is 1. The first-order valence-corrected chi connectivity index (χ1v) is 7.71. The maximum Gasteiger partial charge on any atom is 0.275 e. The molecule has 106 valence electrons. The van der Waals surface area contributed by atoms with Crippen LogP contribution in [0.3, 0.4) is 0 Å². The van der Waals surface area contributed by atoms with Gasteiger partial charge in [-0.2, -0.15) is 0 Å². The van der Waals surface area contributed by atoms with Crippen LogP contribution in [0.4, 0.5) is 0 Å². The van der Waals surface area contributed by atoms with E-state index in [9.17, 15) is 4.79 Å². The molecule has 3 N–H and O–H groups in total. The molecule has 0 unspecified atom stereocenters. The molecule has 1 aliphatic carbocycles. The Morgan fingerprint density at radius 2 is 2.11 bits per heavy atom. The fourth-order valence-corrected chi connectivity index (χ4v) is 3.69. The van der Waals surface area contributed by atoms with Gasteiger partial charge in [0.1, 0.15) is 0 Å². The van der Waals surface area contributed by atoms with Crippen LogP contribution in [0.25, 0.3) is 0 Å². The first-order valence-electron chi connectivity index (χ1n) is 6.90. The second kappa shape index (κ2) is 6.50. The summed E-state index contributed by atoms with van der Waals surface area (Å²) >= 11 is 1.52. The van der Waals surface area contributed by atoms with Crippen molar-refractivity contribution < 1.29 is 4.79 Å². The van der Waals surface area contributed by atoms with E-state index in [0.717, 1.165) is 12.5 Å². The number of carbonyl (C=O) groups is 1. The highest BCUT2D eigenvalue weighted by Gasteiger charge is 2.22. The largest absolute Gasteiger partial charge is 0.298 e. The molecule has 1 amide bonds. The number of nitrogens with zero attached hydrogens (tertiary/aromatic N) is 1. The Morgan fingerprint density at radius 3 is 2.74 bits per heavy atom. The smallest absolute Gasteiger partial charge is 0.275 e. The molecule has 0 spiro atoms. The van der Waals surface area contributed by atoms with Crippen LogP contribution in [0.5, 0.6) is 0 Å². The van der Waals surface area contributed by atoms with Crippen LogP contribution >= 0.6 is 11.3 Å². The number of hydrazine groups is 1. The lowest BCUT2D eigenvalue weighted by Gasteiger charge is -2.33. The van der Waals surface area contributed by atoms with Crippen LogP contribution in [0, 0.1) is 5.92 Å². The van der Waals surface area contributed by atoms with Crippen molar-refractivity contribution in [1.82, 2.24) is 10.3 Å². The van der Waals surface area contributed by atoms with Gasteiger partial charge in [0.2, 0.25) is 0 Å². The minimum absolute atomic E-state index is 0.203. The van der Waals surface area contributed by atoms with E-state index in [1.165, 1.54) is 41.9 Å². The summed E-state index contributed by atoms with van der Waals surface area (Å²) in [6, 6.07) is 4.56. The highest BCUT2D eigenvalue weighted by molar-refractivity contribution is 7.14. The lowest BCUT2D eigenvalue weighted by molar-refractivity contribution is 0.0957. The van der Waals surface area contributed by atoms with E-state index in [4.69, 9.17) is 5.84 Å². The molecule has 1 aromatic heterocycles. The van der Waals surface area contributed by atoms with Gasteiger partial charge in [-0.25, -0.2) is 5.84 Å². The molecule has 1 aliphatic rings. The fourth-order valence-electron chi connectivity index (χ4n) is 2.71. The summed E-state index contributed by atoms with van der Waals surface area (Å²) in [6.45, 7) is 3.26. The Kier molecular flexibility index (Phi) is 4.96. The summed E-state index contributed by atoms with van der Waals surface area (Å²) < 4.78 is 0. The molecule has 1 heterocycles. The summed E-state index contributed by atoms with van der Waals surface area (Å²) in [5, 5.41) is 0. The summed E-state index contributed by atoms with van der Waals surface area (Å²) in [5.74, 6) is 5.82. The summed E-state index contributed by atoms with van der Waals surface area (Å²) in [6.07, 6.45) is 5.25. The van der Waals surface area contributed by atoms with Gasteiger partial charge in [-0.15, -0.1) is 11.3 Å². The van der Waals surface area contributed by atoms with Gasteiger partial charge in [-0.1, -0.05) is 6.92 Å². The van der Waals surface area contributed by atoms with Crippen LogP contribution in [0.1, 0.15) is 47.2 Å². The number of amides is 1. The predicted octanol–water partition coefficient (Wildman–Crippen LogP) is 2.36. The SMILES string of the molecule is CC1CCC(N(C)Cc2ccc(C(=O)NN)s2)CC1. The zero-order valence-corrected chi connectivity index (χ0v) is 12.5. The molecule has 0 aliphatic heterocycles. The van der Waals surface area contributed by atoms with E-state index >= 15 is 0 Å². The Bertz CT molecular complexity index is 424. The fraction of sp³-hybridized carbons (Fsp3) is 0.643. The van der Waals surface area contributed by atoms with E-state index in [1.807, 2.05) is 12.1 Å². The van der Waals surface area contributed by atoms with Gasteiger partial charge < -0.3 is 0 Å². The molecular formula is C14H23N3OS. The third-order valence-electron chi connectivity index (χ3n) is 4.03. The first-order chi connectivity index (χ1) is 9.10. The first kappa shape index (κ1) is 14.5. The zero-order chi connectivity index (χ0) is 13.8. The topological polar surface area (TPSA) is 58.4 Å². The van der Waals surface area contributed by atoms with E-state index in [0.29, 0.717) is 10.9 Å². The van der Waals surface area contributed by atoms with Crippen molar-refractivity contribution in [2.24, 2.45) is 11.8 Å². The molecule has 0 atom stereocenters. The minimum atomic E-state index is -0.203. The number of hydrogen-bond acceptors (Lipinski definition) is 4. The van der Waals surface area contributed by atoms with Crippen molar-refractivity contribution in [3.05, 3.63) is 21.9 Å². The number of rotatable bonds is 4. The Hall–Kier alpha value is -0.910. The molecule has 0 radical (unpaired) electrons. The molecule has 2 rings (SSSR count). The van der Waals surface area contributed by atoms with Gasteiger partial charge in [0.25, 0.3) is 5.91 Å². The average Bonchev–Trinajstić information content (AvgIpc) is 2.87. The van der Waals surface area contributed by atoms with Crippen molar-refractivity contribution in [3.63, 3.8) is 0 Å². The van der Waals surface area contributed by atoms with E-state index in [1.54, 1.807) is 0 Å². The maximum atomic E-state index is 11.4. The third-order valence-corrected chi connectivity index (χ3v) is 5.10. The number of hydrogen-bond donors (Lipinski definition) is 2. The van der Waals surface area contributed by atoms with E-state index in [-0.39, 0.29) is 5.91 Å². The summed E-state index contributed by atoms with van der Waals surface area (Å²) in [4.78, 5) is 15.7. The van der Waals surface area contributed by atoms with E-state index in [2.05, 4.69) is 24.3 Å². The molecule has 0 saturated heterocycles. The molecular weight excluding hydrogens is 258 g/mol. The maximum absolute atomic E-state index is 11.4. The quantitative estimate of drug-likeness (QED) is 0.506. The number of carbonyl (C=O) groups excluding carboxylic acids is 1. The number of nitrogens with one attached hydrogen (secondary N) is 1. The lowest BCUT2D eigenvalue weighted by atomic mass is 9.87. The second-order valence-electron chi connectivity index (χ2n) is 5.57. The molecule has 0 aromatic carbocycles. The average molecular weight is 281 g/mol. The van der Waals surface area contributed by atoms with Crippen LogP contribution in [0.15, 0.2) is 12.1 Å². The monoisotopic (exact) mass is 281 g/mol. The van der Waals surface area contributed by atoms with Crippen LogP contribution < -0.4 is 11.3 Å². The standard InChI is InChI=1S/C14H23N3OS/c1-10-3-5-11(6-4-10)17(2)9-12-7-8-13(19-12)14(18)16-15/h7-8,10-11H,3-6,9,15H2,1-2H3,(H,16,18). The Labute approximate surface area is 118 Å². The minimum Gasteiger partial charge on any atom is -0.298 e. The van der Waals surface area contributed by atoms with Gasteiger partial charge in [-0.05, 0) is 50.8 Å². The van der Waals surface area contributed by atoms with Crippen molar-refractivity contribution in [1.29, 1.82) is 0 Å². The second-order valence-corrected chi connectivity index (χ2v) is 6.74. The van der Waals surface area contributed by atoms with E-state index < -0.39 is 0 Å². The zero-order valence-electron chi connectivity index (χ0n) is 11.7.